The molecule has 120 valence electrons. The summed E-state index contributed by atoms with van der Waals surface area (Å²) in [5.74, 6) is -0.655. The van der Waals surface area contributed by atoms with Gasteiger partial charge >= 0.3 is 0 Å². The van der Waals surface area contributed by atoms with E-state index in [-0.39, 0.29) is 5.02 Å². The molecule has 0 fully saturated rings. The maximum atomic E-state index is 14.0. The van der Waals surface area contributed by atoms with Gasteiger partial charge in [-0.05, 0) is 42.5 Å². The Morgan fingerprint density at radius 2 is 2.00 bits per heavy atom. The maximum absolute atomic E-state index is 14.0. The molecule has 0 spiro atoms. The van der Waals surface area contributed by atoms with Crippen LogP contribution in [0.3, 0.4) is 0 Å². The average molecular weight is 355 g/mol. The van der Waals surface area contributed by atoms with Gasteiger partial charge in [-0.25, -0.2) is 8.78 Å². The van der Waals surface area contributed by atoms with Gasteiger partial charge in [0, 0.05) is 22.2 Å². The van der Waals surface area contributed by atoms with Crippen molar-refractivity contribution in [2.75, 3.05) is 11.1 Å². The zero-order valence-corrected chi connectivity index (χ0v) is 13.5. The van der Waals surface area contributed by atoms with Crippen molar-refractivity contribution in [1.82, 2.24) is 0 Å². The van der Waals surface area contributed by atoms with E-state index in [0.29, 0.717) is 28.1 Å². The number of halogens is 3. The highest BCUT2D eigenvalue weighted by atomic mass is 35.5. The molecule has 0 aromatic heterocycles. The van der Waals surface area contributed by atoms with Crippen molar-refractivity contribution < 1.29 is 13.6 Å². The monoisotopic (exact) mass is 354 g/mol. The van der Waals surface area contributed by atoms with Gasteiger partial charge in [0.25, 0.3) is 5.91 Å². The van der Waals surface area contributed by atoms with E-state index in [4.69, 9.17) is 17.3 Å². The fourth-order valence-corrected chi connectivity index (χ4v) is 3.94. The second kappa shape index (κ2) is 6.47. The molecule has 0 radical (unpaired) electrons. The van der Waals surface area contributed by atoms with E-state index in [1.54, 1.807) is 0 Å². The molecule has 1 aliphatic rings. The molecule has 0 saturated heterocycles. The number of carbonyl (C=O) groups excluding carboxylic acids is 1. The van der Waals surface area contributed by atoms with Crippen LogP contribution in [0.5, 0.6) is 0 Å². The number of nitrogens with two attached hydrogens (primary N) is 1. The van der Waals surface area contributed by atoms with E-state index in [1.807, 2.05) is 0 Å². The third-order valence-electron chi connectivity index (χ3n) is 3.61. The Kier molecular flexibility index (Phi) is 4.57. The molecule has 3 nitrogen and oxygen atoms in total. The van der Waals surface area contributed by atoms with Crippen LogP contribution in [0.1, 0.15) is 28.4 Å². The standard InChI is InChI=1S/C16H13ClF2N2OS/c17-10-7-8(1-3-11(10)18)21-16(22)9-2-4-12(19)14-13(20)5-6-23-15(9)14/h1-4,7,13H,5-6,20H2,(H,21,22). The largest absolute Gasteiger partial charge is 0.324 e. The van der Waals surface area contributed by atoms with Crippen molar-refractivity contribution in [2.45, 2.75) is 17.4 Å². The number of fused-ring (bicyclic) bond motifs is 1. The van der Waals surface area contributed by atoms with E-state index in [1.165, 1.54) is 42.1 Å². The molecule has 1 atom stereocenters. The molecule has 3 N–H and O–H groups in total. The topological polar surface area (TPSA) is 55.1 Å². The molecule has 0 aliphatic carbocycles. The van der Waals surface area contributed by atoms with Gasteiger partial charge in [-0.15, -0.1) is 11.8 Å². The quantitative estimate of drug-likeness (QED) is 0.842. The lowest BCUT2D eigenvalue weighted by Crippen LogP contribution is -2.21. The SMILES string of the molecule is NC1CCSc2c(C(=O)Nc3ccc(F)c(Cl)c3)ccc(F)c21. The number of carbonyl (C=O) groups is 1. The van der Waals surface area contributed by atoms with Crippen LogP contribution in [0.4, 0.5) is 14.5 Å². The smallest absolute Gasteiger partial charge is 0.256 e. The Labute approximate surface area is 141 Å². The average Bonchev–Trinajstić information content (AvgIpc) is 2.51. The molecule has 0 saturated carbocycles. The molecule has 23 heavy (non-hydrogen) atoms. The first kappa shape index (κ1) is 16.2. The van der Waals surface area contributed by atoms with Gasteiger partial charge in [0.2, 0.25) is 0 Å². The Morgan fingerprint density at radius 3 is 2.74 bits per heavy atom. The van der Waals surface area contributed by atoms with Crippen LogP contribution >= 0.6 is 23.4 Å². The van der Waals surface area contributed by atoms with E-state index in [2.05, 4.69) is 5.32 Å². The second-order valence-corrected chi connectivity index (χ2v) is 6.68. The third kappa shape index (κ3) is 3.20. The molecule has 1 amide bonds. The fourth-order valence-electron chi connectivity index (χ4n) is 2.46. The van der Waals surface area contributed by atoms with E-state index in [9.17, 15) is 13.6 Å². The number of nitrogens with one attached hydrogen (secondary N) is 1. The summed E-state index contributed by atoms with van der Waals surface area (Å²) >= 11 is 7.11. The van der Waals surface area contributed by atoms with E-state index in [0.717, 1.165) is 5.75 Å². The molecule has 1 aliphatic heterocycles. The van der Waals surface area contributed by atoms with E-state index >= 15 is 0 Å². The predicted octanol–water partition coefficient (Wildman–Crippen LogP) is 4.37. The van der Waals surface area contributed by atoms with Crippen molar-refractivity contribution in [3.63, 3.8) is 0 Å². The summed E-state index contributed by atoms with van der Waals surface area (Å²) in [6.45, 7) is 0. The van der Waals surface area contributed by atoms with Crippen molar-refractivity contribution in [1.29, 1.82) is 0 Å². The first-order chi connectivity index (χ1) is 11.0. The predicted molar refractivity (Wildman–Crippen MR) is 88.0 cm³/mol. The second-order valence-electron chi connectivity index (χ2n) is 5.16. The lowest BCUT2D eigenvalue weighted by atomic mass is 10.0. The molecule has 1 heterocycles. The summed E-state index contributed by atoms with van der Waals surface area (Å²) in [5, 5.41) is 2.56. The molecule has 1 unspecified atom stereocenters. The van der Waals surface area contributed by atoms with Crippen LogP contribution in [0, 0.1) is 11.6 Å². The van der Waals surface area contributed by atoms with Gasteiger partial charge in [-0.2, -0.15) is 0 Å². The van der Waals surface area contributed by atoms with Gasteiger partial charge < -0.3 is 11.1 Å². The Morgan fingerprint density at radius 1 is 1.26 bits per heavy atom. The Balaban J connectivity index is 1.94. The number of hydrogen-bond acceptors (Lipinski definition) is 3. The van der Waals surface area contributed by atoms with Crippen molar-refractivity contribution in [2.24, 2.45) is 5.73 Å². The zero-order valence-electron chi connectivity index (χ0n) is 11.9. The number of amides is 1. The molecular formula is C16H13ClF2N2OS. The number of thioether (sulfide) groups is 1. The molecule has 2 aromatic rings. The Bertz CT molecular complexity index is 785. The summed E-state index contributed by atoms with van der Waals surface area (Å²) in [6, 6.07) is 6.16. The first-order valence-corrected chi connectivity index (χ1v) is 8.31. The highest BCUT2D eigenvalue weighted by Crippen LogP contribution is 2.39. The number of benzene rings is 2. The minimum absolute atomic E-state index is 0.0830. The van der Waals surface area contributed by atoms with Crippen molar-refractivity contribution in [3.8, 4) is 0 Å². The summed E-state index contributed by atoms with van der Waals surface area (Å²) in [5.41, 5.74) is 7.06. The number of rotatable bonds is 2. The molecular weight excluding hydrogens is 342 g/mol. The minimum Gasteiger partial charge on any atom is -0.324 e. The third-order valence-corrected chi connectivity index (χ3v) is 5.07. The normalized spacial score (nSPS) is 16.8. The minimum atomic E-state index is -0.564. The van der Waals surface area contributed by atoms with Gasteiger partial charge in [-0.1, -0.05) is 11.6 Å². The van der Waals surface area contributed by atoms with Crippen LogP contribution in [0.2, 0.25) is 5.02 Å². The summed E-state index contributed by atoms with van der Waals surface area (Å²) < 4.78 is 27.2. The summed E-state index contributed by atoms with van der Waals surface area (Å²) in [6.07, 6.45) is 0.660. The van der Waals surface area contributed by atoms with Crippen LogP contribution in [0.15, 0.2) is 35.2 Å². The fraction of sp³-hybridized carbons (Fsp3) is 0.188. The van der Waals surface area contributed by atoms with Gasteiger partial charge in [0.1, 0.15) is 11.6 Å². The number of anilines is 1. The lowest BCUT2D eigenvalue weighted by molar-refractivity contribution is 0.102. The van der Waals surface area contributed by atoms with Crippen LogP contribution in [-0.2, 0) is 0 Å². The highest BCUT2D eigenvalue weighted by Gasteiger charge is 2.26. The number of hydrogen-bond donors (Lipinski definition) is 2. The molecule has 0 bridgehead atoms. The highest BCUT2D eigenvalue weighted by molar-refractivity contribution is 7.99. The van der Waals surface area contributed by atoms with Gasteiger partial charge in [-0.3, -0.25) is 4.79 Å². The Hall–Kier alpha value is -1.63. The molecule has 7 heteroatoms. The molecule has 2 aromatic carbocycles. The lowest BCUT2D eigenvalue weighted by Gasteiger charge is -2.24. The zero-order chi connectivity index (χ0) is 16.6. The van der Waals surface area contributed by atoms with Crippen LogP contribution < -0.4 is 11.1 Å². The van der Waals surface area contributed by atoms with Crippen molar-refractivity contribution >= 4 is 35.0 Å². The van der Waals surface area contributed by atoms with Gasteiger partial charge in [0.15, 0.2) is 0 Å². The van der Waals surface area contributed by atoms with Crippen LogP contribution in [0.25, 0.3) is 0 Å². The first-order valence-electron chi connectivity index (χ1n) is 6.94. The maximum Gasteiger partial charge on any atom is 0.256 e. The summed E-state index contributed by atoms with van der Waals surface area (Å²) in [4.78, 5) is 13.0. The van der Waals surface area contributed by atoms with E-state index < -0.39 is 23.6 Å². The summed E-state index contributed by atoms with van der Waals surface area (Å²) in [7, 11) is 0. The van der Waals surface area contributed by atoms with Crippen molar-refractivity contribution in [3.05, 3.63) is 58.1 Å². The molecule has 3 rings (SSSR count). The van der Waals surface area contributed by atoms with Crippen LogP contribution in [-0.4, -0.2) is 11.7 Å². The van der Waals surface area contributed by atoms with Gasteiger partial charge in [0.05, 0.1) is 10.6 Å².